The maximum Gasteiger partial charge on any atom is 0.406 e. The summed E-state index contributed by atoms with van der Waals surface area (Å²) >= 11 is 0. The lowest BCUT2D eigenvalue weighted by Crippen LogP contribution is -2.64. The molecule has 3 aromatic rings. The summed E-state index contributed by atoms with van der Waals surface area (Å²) in [5.41, 5.74) is 0. The maximum absolute atomic E-state index is 5.99. The first kappa shape index (κ1) is 20.7. The van der Waals surface area contributed by atoms with E-state index in [4.69, 9.17) is 17.7 Å². The van der Waals surface area contributed by atoms with Gasteiger partial charge in [0, 0.05) is 28.4 Å². The van der Waals surface area contributed by atoms with Crippen LogP contribution in [0.3, 0.4) is 0 Å². The molecule has 0 fully saturated rings. The molecule has 0 bridgehead atoms. The minimum absolute atomic E-state index is 1.04. The fourth-order valence-corrected chi connectivity index (χ4v) is 9.03. The second kappa shape index (κ2) is 8.96. The standard InChI is InChI=1S/C22H26O4Si2/c1-23-27(24-2,19-11-7-5-8-12-19)21-15-17-22(18-16-21)28(25-3,26-4)20-13-9-6-10-14-20/h5-18H,1-4H3. The number of hydrogen-bond donors (Lipinski definition) is 0. The Balaban J connectivity index is 2.07. The highest BCUT2D eigenvalue weighted by Gasteiger charge is 2.43. The van der Waals surface area contributed by atoms with Gasteiger partial charge in [-0.1, -0.05) is 84.9 Å². The Labute approximate surface area is 169 Å². The molecule has 4 nitrogen and oxygen atoms in total. The topological polar surface area (TPSA) is 36.9 Å². The molecule has 0 spiro atoms. The first-order valence-corrected chi connectivity index (χ1v) is 12.7. The Bertz CT molecular complexity index is 788. The van der Waals surface area contributed by atoms with Crippen molar-refractivity contribution >= 4 is 37.9 Å². The molecule has 6 heteroatoms. The van der Waals surface area contributed by atoms with Crippen LogP contribution in [0, 0.1) is 0 Å². The quantitative estimate of drug-likeness (QED) is 0.526. The molecular weight excluding hydrogens is 384 g/mol. The molecule has 0 aromatic heterocycles. The molecule has 3 rings (SSSR count). The van der Waals surface area contributed by atoms with E-state index in [1.807, 2.05) is 36.4 Å². The fraction of sp³-hybridized carbons (Fsp3) is 0.182. The lowest BCUT2D eigenvalue weighted by molar-refractivity contribution is 0.271. The fourth-order valence-electron chi connectivity index (χ4n) is 3.67. The van der Waals surface area contributed by atoms with Crippen LogP contribution in [0.5, 0.6) is 0 Å². The van der Waals surface area contributed by atoms with Gasteiger partial charge < -0.3 is 17.7 Å². The van der Waals surface area contributed by atoms with Gasteiger partial charge in [-0.25, -0.2) is 0 Å². The number of rotatable bonds is 8. The first-order valence-electron chi connectivity index (χ1n) is 9.09. The molecule has 3 aromatic carbocycles. The molecule has 0 N–H and O–H groups in total. The van der Waals surface area contributed by atoms with Crippen molar-refractivity contribution in [3.8, 4) is 0 Å². The Morgan fingerprint density at radius 1 is 0.393 bits per heavy atom. The molecular formula is C22H26O4Si2. The van der Waals surface area contributed by atoms with Crippen molar-refractivity contribution in [2.45, 2.75) is 0 Å². The summed E-state index contributed by atoms with van der Waals surface area (Å²) in [4.78, 5) is 0. The normalized spacial score (nSPS) is 12.1. The van der Waals surface area contributed by atoms with E-state index in [0.717, 1.165) is 20.7 Å². The highest BCUT2D eigenvalue weighted by molar-refractivity contribution is 6.94. The molecule has 0 amide bonds. The van der Waals surface area contributed by atoms with E-state index in [9.17, 15) is 0 Å². The van der Waals surface area contributed by atoms with Crippen LogP contribution >= 0.6 is 0 Å². The van der Waals surface area contributed by atoms with E-state index in [2.05, 4.69) is 48.5 Å². The van der Waals surface area contributed by atoms with Crippen molar-refractivity contribution in [3.05, 3.63) is 84.9 Å². The van der Waals surface area contributed by atoms with Gasteiger partial charge in [-0.3, -0.25) is 0 Å². The maximum atomic E-state index is 5.99. The van der Waals surface area contributed by atoms with Gasteiger partial charge in [0.2, 0.25) is 0 Å². The van der Waals surface area contributed by atoms with Crippen molar-refractivity contribution in [2.24, 2.45) is 0 Å². The lowest BCUT2D eigenvalue weighted by atomic mass is 10.3. The van der Waals surface area contributed by atoms with Gasteiger partial charge >= 0.3 is 17.1 Å². The minimum Gasteiger partial charge on any atom is -0.391 e. The molecule has 146 valence electrons. The van der Waals surface area contributed by atoms with E-state index in [1.165, 1.54) is 0 Å². The molecule has 0 saturated carbocycles. The average Bonchev–Trinajstić information content (AvgIpc) is 2.79. The van der Waals surface area contributed by atoms with Gasteiger partial charge in [0.05, 0.1) is 0 Å². The van der Waals surface area contributed by atoms with Gasteiger partial charge in [-0.2, -0.15) is 0 Å². The third-order valence-corrected chi connectivity index (χ3v) is 11.8. The second-order valence-corrected chi connectivity index (χ2v) is 12.8. The lowest BCUT2D eigenvalue weighted by Gasteiger charge is -2.30. The molecule has 0 radical (unpaired) electrons. The second-order valence-electron chi connectivity index (χ2n) is 6.36. The Morgan fingerprint density at radius 3 is 0.893 bits per heavy atom. The van der Waals surface area contributed by atoms with Crippen LogP contribution in [-0.2, 0) is 17.7 Å². The smallest absolute Gasteiger partial charge is 0.391 e. The van der Waals surface area contributed by atoms with Gasteiger partial charge in [0.15, 0.2) is 0 Å². The van der Waals surface area contributed by atoms with E-state index in [1.54, 1.807) is 28.4 Å². The Morgan fingerprint density at radius 2 is 0.643 bits per heavy atom. The Kier molecular flexibility index (Phi) is 6.61. The van der Waals surface area contributed by atoms with Crippen LogP contribution in [-0.4, -0.2) is 45.6 Å². The largest absolute Gasteiger partial charge is 0.406 e. The third-order valence-electron chi connectivity index (χ3n) is 5.10. The first-order chi connectivity index (χ1) is 13.7. The predicted molar refractivity (Wildman–Crippen MR) is 117 cm³/mol. The monoisotopic (exact) mass is 410 g/mol. The summed E-state index contributed by atoms with van der Waals surface area (Å²) in [6, 6.07) is 28.5. The van der Waals surface area contributed by atoms with E-state index in [0.29, 0.717) is 0 Å². The summed E-state index contributed by atoms with van der Waals surface area (Å²) in [5.74, 6) is 0. The van der Waals surface area contributed by atoms with Crippen LogP contribution in [0.15, 0.2) is 84.9 Å². The summed E-state index contributed by atoms with van der Waals surface area (Å²) in [5, 5.41) is 4.21. The SMILES string of the molecule is CO[Si](OC)(c1ccccc1)c1ccc([Si](OC)(OC)c2ccccc2)cc1. The number of benzene rings is 3. The molecule has 0 heterocycles. The Hall–Kier alpha value is -2.07. The van der Waals surface area contributed by atoms with Gasteiger partial charge in [-0.05, 0) is 20.7 Å². The molecule has 0 atom stereocenters. The van der Waals surface area contributed by atoms with Crippen molar-refractivity contribution in [2.75, 3.05) is 28.4 Å². The van der Waals surface area contributed by atoms with Gasteiger partial charge in [0.25, 0.3) is 0 Å². The van der Waals surface area contributed by atoms with E-state index >= 15 is 0 Å². The van der Waals surface area contributed by atoms with Crippen molar-refractivity contribution in [1.29, 1.82) is 0 Å². The average molecular weight is 411 g/mol. The molecule has 0 saturated heterocycles. The van der Waals surface area contributed by atoms with Crippen LogP contribution in [0.2, 0.25) is 0 Å². The molecule has 28 heavy (non-hydrogen) atoms. The van der Waals surface area contributed by atoms with Crippen molar-refractivity contribution in [1.82, 2.24) is 0 Å². The van der Waals surface area contributed by atoms with Crippen LogP contribution in [0.4, 0.5) is 0 Å². The molecule has 0 aliphatic heterocycles. The summed E-state index contributed by atoms with van der Waals surface area (Å²) < 4.78 is 24.0. The third kappa shape index (κ3) is 3.50. The van der Waals surface area contributed by atoms with Crippen LogP contribution < -0.4 is 20.7 Å². The summed E-state index contributed by atoms with van der Waals surface area (Å²) in [6.45, 7) is 0. The highest BCUT2D eigenvalue weighted by Crippen LogP contribution is 2.10. The molecule has 0 aliphatic rings. The van der Waals surface area contributed by atoms with Gasteiger partial charge in [-0.15, -0.1) is 0 Å². The summed E-state index contributed by atoms with van der Waals surface area (Å²) in [7, 11) is 1.36. The van der Waals surface area contributed by atoms with Crippen molar-refractivity contribution < 1.29 is 17.7 Å². The zero-order valence-electron chi connectivity index (χ0n) is 16.7. The zero-order valence-corrected chi connectivity index (χ0v) is 18.7. The van der Waals surface area contributed by atoms with Crippen molar-refractivity contribution in [3.63, 3.8) is 0 Å². The number of hydrogen-bond acceptors (Lipinski definition) is 4. The predicted octanol–water partition coefficient (Wildman–Crippen LogP) is 1.39. The van der Waals surface area contributed by atoms with Crippen LogP contribution in [0.25, 0.3) is 0 Å². The van der Waals surface area contributed by atoms with Crippen LogP contribution in [0.1, 0.15) is 0 Å². The molecule has 0 aliphatic carbocycles. The molecule has 0 unspecified atom stereocenters. The summed E-state index contributed by atoms with van der Waals surface area (Å²) in [6.07, 6.45) is 0. The minimum atomic E-state index is -2.74. The zero-order chi connectivity index (χ0) is 20.0. The highest BCUT2D eigenvalue weighted by atomic mass is 28.4. The van der Waals surface area contributed by atoms with E-state index < -0.39 is 17.1 Å². The van der Waals surface area contributed by atoms with E-state index in [-0.39, 0.29) is 0 Å². The van der Waals surface area contributed by atoms with Gasteiger partial charge in [0.1, 0.15) is 0 Å².